The molecule has 2 rings (SSSR count). The van der Waals surface area contributed by atoms with Crippen LogP contribution in [0.3, 0.4) is 0 Å². The van der Waals surface area contributed by atoms with Gasteiger partial charge in [-0.05, 0) is 30.3 Å². The largest absolute Gasteiger partial charge is 0.489 e. The van der Waals surface area contributed by atoms with Gasteiger partial charge in [-0.25, -0.2) is 4.39 Å². The second kappa shape index (κ2) is 5.99. The van der Waals surface area contributed by atoms with Gasteiger partial charge in [0.2, 0.25) is 0 Å². The van der Waals surface area contributed by atoms with E-state index in [1.807, 2.05) is 0 Å². The highest BCUT2D eigenvalue weighted by atomic mass is 35.5. The van der Waals surface area contributed by atoms with Crippen molar-refractivity contribution in [2.75, 3.05) is 0 Å². The van der Waals surface area contributed by atoms with Crippen molar-refractivity contribution in [2.45, 2.75) is 6.61 Å². The molecule has 0 aliphatic rings. The van der Waals surface area contributed by atoms with Gasteiger partial charge in [0.05, 0.1) is 5.02 Å². The first-order chi connectivity index (χ1) is 9.08. The van der Waals surface area contributed by atoms with Gasteiger partial charge in [-0.15, -0.1) is 0 Å². The quantitative estimate of drug-likeness (QED) is 0.874. The lowest BCUT2D eigenvalue weighted by atomic mass is 10.2. The number of rotatable bonds is 4. The highest BCUT2D eigenvalue weighted by Crippen LogP contribution is 2.20. The molecule has 0 spiro atoms. The first-order valence-corrected chi connectivity index (χ1v) is 6.32. The Morgan fingerprint density at radius 1 is 1.21 bits per heavy atom. The third-order valence-corrected chi connectivity index (χ3v) is 3.09. The zero-order valence-corrected chi connectivity index (χ0v) is 11.5. The molecule has 0 aliphatic heterocycles. The Bertz CT molecular complexity index is 601. The average Bonchev–Trinajstić information content (AvgIpc) is 2.41. The molecule has 98 valence electrons. The Labute approximate surface area is 120 Å². The highest BCUT2D eigenvalue weighted by molar-refractivity contribution is 7.80. The number of thiocarbonyl (C=S) groups is 1. The van der Waals surface area contributed by atoms with E-state index in [0.717, 1.165) is 5.56 Å². The summed E-state index contributed by atoms with van der Waals surface area (Å²) in [4.78, 5) is 0.326. The van der Waals surface area contributed by atoms with Gasteiger partial charge < -0.3 is 10.5 Å². The molecule has 0 amide bonds. The fourth-order valence-electron chi connectivity index (χ4n) is 1.54. The summed E-state index contributed by atoms with van der Waals surface area (Å²) in [5.74, 6) is 0.156. The highest BCUT2D eigenvalue weighted by Gasteiger charge is 2.06. The Morgan fingerprint density at radius 3 is 2.53 bits per heavy atom. The first kappa shape index (κ1) is 13.8. The van der Waals surface area contributed by atoms with Crippen LogP contribution in [-0.2, 0) is 6.61 Å². The minimum absolute atomic E-state index is 0.0879. The van der Waals surface area contributed by atoms with Crippen LogP contribution in [0, 0.1) is 5.82 Å². The van der Waals surface area contributed by atoms with E-state index in [4.69, 9.17) is 34.3 Å². The van der Waals surface area contributed by atoms with Gasteiger partial charge in [-0.1, -0.05) is 36.0 Å². The standard InChI is InChI=1S/C14H11ClFNOS/c15-12-3-1-2-10(13(12)16)8-18-11-6-4-9(5-7-11)14(17)19/h1-7H,8H2,(H2,17,19). The monoisotopic (exact) mass is 295 g/mol. The van der Waals surface area contributed by atoms with Gasteiger partial charge in [0.1, 0.15) is 23.2 Å². The maximum Gasteiger partial charge on any atom is 0.148 e. The number of ether oxygens (including phenoxy) is 1. The lowest BCUT2D eigenvalue weighted by Crippen LogP contribution is -2.08. The number of benzene rings is 2. The molecule has 0 fully saturated rings. The summed E-state index contributed by atoms with van der Waals surface area (Å²) in [6, 6.07) is 11.8. The molecule has 0 saturated heterocycles. The molecular formula is C14H11ClFNOS. The maximum absolute atomic E-state index is 13.6. The molecule has 5 heteroatoms. The molecule has 2 aromatic rings. The molecule has 0 radical (unpaired) electrons. The second-order valence-corrected chi connectivity index (χ2v) is 4.74. The van der Waals surface area contributed by atoms with E-state index in [-0.39, 0.29) is 11.6 Å². The third kappa shape index (κ3) is 3.43. The van der Waals surface area contributed by atoms with Crippen LogP contribution in [-0.4, -0.2) is 4.99 Å². The summed E-state index contributed by atoms with van der Waals surface area (Å²) in [5.41, 5.74) is 6.66. The molecular weight excluding hydrogens is 285 g/mol. The van der Waals surface area contributed by atoms with Crippen molar-refractivity contribution >= 4 is 28.8 Å². The van der Waals surface area contributed by atoms with Crippen LogP contribution >= 0.6 is 23.8 Å². The van der Waals surface area contributed by atoms with Gasteiger partial charge >= 0.3 is 0 Å². The van der Waals surface area contributed by atoms with E-state index in [1.54, 1.807) is 36.4 Å². The van der Waals surface area contributed by atoms with E-state index in [2.05, 4.69) is 0 Å². The molecule has 2 N–H and O–H groups in total. The van der Waals surface area contributed by atoms with E-state index < -0.39 is 5.82 Å². The van der Waals surface area contributed by atoms with E-state index >= 15 is 0 Å². The van der Waals surface area contributed by atoms with Crippen LogP contribution in [0.4, 0.5) is 4.39 Å². The smallest absolute Gasteiger partial charge is 0.148 e. The van der Waals surface area contributed by atoms with Crippen molar-refractivity contribution in [1.29, 1.82) is 0 Å². The summed E-state index contributed by atoms with van der Waals surface area (Å²) in [6.07, 6.45) is 0. The average molecular weight is 296 g/mol. The molecule has 0 saturated carbocycles. The van der Waals surface area contributed by atoms with Crippen LogP contribution in [0.25, 0.3) is 0 Å². The predicted molar refractivity (Wildman–Crippen MR) is 78.1 cm³/mol. The Kier molecular flexibility index (Phi) is 4.35. The minimum Gasteiger partial charge on any atom is -0.489 e. The molecule has 0 bridgehead atoms. The van der Waals surface area contributed by atoms with Crippen molar-refractivity contribution in [3.63, 3.8) is 0 Å². The van der Waals surface area contributed by atoms with Crippen LogP contribution in [0.15, 0.2) is 42.5 Å². The summed E-state index contributed by atoms with van der Waals surface area (Å²) < 4.78 is 19.1. The third-order valence-electron chi connectivity index (χ3n) is 2.56. The van der Waals surface area contributed by atoms with Crippen LogP contribution in [0.2, 0.25) is 5.02 Å². The zero-order chi connectivity index (χ0) is 13.8. The number of hydrogen-bond donors (Lipinski definition) is 1. The van der Waals surface area contributed by atoms with Crippen molar-refractivity contribution in [2.24, 2.45) is 5.73 Å². The molecule has 0 aromatic heterocycles. The first-order valence-electron chi connectivity index (χ1n) is 5.53. The normalized spacial score (nSPS) is 10.2. The maximum atomic E-state index is 13.6. The SMILES string of the molecule is NC(=S)c1ccc(OCc2cccc(Cl)c2F)cc1. The van der Waals surface area contributed by atoms with Crippen LogP contribution < -0.4 is 10.5 Å². The number of halogens is 2. The topological polar surface area (TPSA) is 35.2 Å². The van der Waals surface area contributed by atoms with Gasteiger partial charge in [-0.3, -0.25) is 0 Å². The molecule has 2 nitrogen and oxygen atoms in total. The van der Waals surface area contributed by atoms with E-state index in [0.29, 0.717) is 16.3 Å². The van der Waals surface area contributed by atoms with Crippen LogP contribution in [0.5, 0.6) is 5.75 Å². The number of nitrogens with two attached hydrogens (primary N) is 1. The molecule has 0 aliphatic carbocycles. The van der Waals surface area contributed by atoms with E-state index in [1.165, 1.54) is 6.07 Å². The van der Waals surface area contributed by atoms with Gasteiger partial charge in [0, 0.05) is 11.1 Å². The van der Waals surface area contributed by atoms with Crippen LogP contribution in [0.1, 0.15) is 11.1 Å². The molecule has 19 heavy (non-hydrogen) atoms. The Balaban J connectivity index is 2.06. The predicted octanol–water partition coefficient (Wildman–Crippen LogP) is 3.69. The van der Waals surface area contributed by atoms with Crippen molar-refractivity contribution in [3.8, 4) is 5.75 Å². The summed E-state index contributed by atoms with van der Waals surface area (Å²) in [6.45, 7) is 0.110. The fourth-order valence-corrected chi connectivity index (χ4v) is 1.87. The second-order valence-electron chi connectivity index (χ2n) is 3.89. The lowest BCUT2D eigenvalue weighted by molar-refractivity contribution is 0.300. The Hall–Kier alpha value is -1.65. The van der Waals surface area contributed by atoms with Gasteiger partial charge in [0.15, 0.2) is 0 Å². The van der Waals surface area contributed by atoms with Crippen molar-refractivity contribution < 1.29 is 9.13 Å². The zero-order valence-electron chi connectivity index (χ0n) is 9.90. The molecule has 2 aromatic carbocycles. The molecule has 0 heterocycles. The summed E-state index contributed by atoms with van der Waals surface area (Å²) >= 11 is 10.5. The van der Waals surface area contributed by atoms with E-state index in [9.17, 15) is 4.39 Å². The number of hydrogen-bond acceptors (Lipinski definition) is 2. The lowest BCUT2D eigenvalue weighted by Gasteiger charge is -2.08. The van der Waals surface area contributed by atoms with Gasteiger partial charge in [0.25, 0.3) is 0 Å². The summed E-state index contributed by atoms with van der Waals surface area (Å²) in [5, 5.41) is 0.0879. The van der Waals surface area contributed by atoms with Crippen molar-refractivity contribution in [1.82, 2.24) is 0 Å². The minimum atomic E-state index is -0.455. The Morgan fingerprint density at radius 2 is 1.89 bits per heavy atom. The summed E-state index contributed by atoms with van der Waals surface area (Å²) in [7, 11) is 0. The fraction of sp³-hybridized carbons (Fsp3) is 0.0714. The van der Waals surface area contributed by atoms with Crippen molar-refractivity contribution in [3.05, 3.63) is 64.4 Å². The molecule has 0 unspecified atom stereocenters. The molecule has 0 atom stereocenters. The van der Waals surface area contributed by atoms with Gasteiger partial charge in [-0.2, -0.15) is 0 Å².